The molecule has 3 heteroatoms. The molecule has 94 valence electrons. The van der Waals surface area contributed by atoms with Crippen molar-refractivity contribution in [1.82, 2.24) is 4.90 Å². The normalized spacial score (nSPS) is 21.4. The Bertz CT molecular complexity index is 337. The molecule has 1 aromatic rings. The van der Waals surface area contributed by atoms with E-state index in [0.29, 0.717) is 0 Å². The Hall–Kier alpha value is -0.290. The van der Waals surface area contributed by atoms with Crippen molar-refractivity contribution in [2.75, 3.05) is 25.5 Å². The zero-order chi connectivity index (χ0) is 12.1. The Morgan fingerprint density at radius 2 is 2.06 bits per heavy atom. The summed E-state index contributed by atoms with van der Waals surface area (Å²) in [6, 6.07) is 9.39. The molecule has 0 radical (unpaired) electrons. The van der Waals surface area contributed by atoms with Gasteiger partial charge in [0, 0.05) is 21.8 Å². The van der Waals surface area contributed by atoms with Crippen molar-refractivity contribution >= 4 is 28.3 Å². The van der Waals surface area contributed by atoms with Crippen LogP contribution in [0.25, 0.3) is 0 Å². The van der Waals surface area contributed by atoms with Gasteiger partial charge in [-0.1, -0.05) is 6.42 Å². The summed E-state index contributed by atoms with van der Waals surface area (Å²) in [4.78, 5) is 2.51. The van der Waals surface area contributed by atoms with Crippen LogP contribution in [0.15, 0.2) is 24.3 Å². The largest absolute Gasteiger partial charge is 0.385 e. The third kappa shape index (κ3) is 4.14. The molecule has 0 aliphatic carbocycles. The molecule has 1 N–H and O–H groups in total. The summed E-state index contributed by atoms with van der Waals surface area (Å²) in [6.45, 7) is 2.35. The first-order valence-corrected chi connectivity index (χ1v) is 7.53. The van der Waals surface area contributed by atoms with Crippen molar-refractivity contribution in [3.05, 3.63) is 27.8 Å². The van der Waals surface area contributed by atoms with E-state index in [4.69, 9.17) is 0 Å². The highest BCUT2D eigenvalue weighted by Crippen LogP contribution is 2.18. The molecule has 1 aliphatic heterocycles. The Morgan fingerprint density at radius 3 is 2.76 bits per heavy atom. The lowest BCUT2D eigenvalue weighted by Gasteiger charge is -2.32. The second kappa shape index (κ2) is 6.59. The first-order valence-electron chi connectivity index (χ1n) is 6.45. The first kappa shape index (κ1) is 13.1. The van der Waals surface area contributed by atoms with Gasteiger partial charge in [0.15, 0.2) is 0 Å². The van der Waals surface area contributed by atoms with Crippen LogP contribution >= 0.6 is 22.6 Å². The fourth-order valence-corrected chi connectivity index (χ4v) is 2.82. The molecule has 17 heavy (non-hydrogen) atoms. The second-order valence-electron chi connectivity index (χ2n) is 4.85. The van der Waals surface area contributed by atoms with Gasteiger partial charge < -0.3 is 10.2 Å². The number of likely N-dealkylation sites (tertiary alicyclic amines) is 1. The van der Waals surface area contributed by atoms with Gasteiger partial charge in [-0.2, -0.15) is 0 Å². The highest BCUT2D eigenvalue weighted by molar-refractivity contribution is 14.1. The zero-order valence-electron chi connectivity index (χ0n) is 10.5. The number of nitrogens with zero attached hydrogens (tertiary/aromatic N) is 1. The van der Waals surface area contributed by atoms with E-state index < -0.39 is 0 Å². The van der Waals surface area contributed by atoms with Crippen LogP contribution in [0.5, 0.6) is 0 Å². The van der Waals surface area contributed by atoms with Crippen molar-refractivity contribution < 1.29 is 0 Å². The molecule has 1 unspecified atom stereocenters. The number of hydrogen-bond acceptors (Lipinski definition) is 2. The number of piperidine rings is 1. The van der Waals surface area contributed by atoms with Crippen LogP contribution in [-0.4, -0.2) is 31.1 Å². The van der Waals surface area contributed by atoms with Crippen molar-refractivity contribution in [2.45, 2.75) is 31.7 Å². The maximum absolute atomic E-state index is 3.51. The van der Waals surface area contributed by atoms with Crippen LogP contribution in [0.4, 0.5) is 5.69 Å². The molecule has 0 saturated carbocycles. The molecule has 1 aromatic carbocycles. The summed E-state index contributed by atoms with van der Waals surface area (Å²) in [5.74, 6) is 0. The molecule has 1 heterocycles. The molecule has 0 aromatic heterocycles. The maximum atomic E-state index is 3.51. The lowest BCUT2D eigenvalue weighted by atomic mass is 10.0. The Balaban J connectivity index is 1.73. The summed E-state index contributed by atoms with van der Waals surface area (Å²) in [6.07, 6.45) is 5.39. The number of halogens is 1. The minimum Gasteiger partial charge on any atom is -0.385 e. The van der Waals surface area contributed by atoms with Crippen LogP contribution in [0.1, 0.15) is 25.7 Å². The third-order valence-electron chi connectivity index (χ3n) is 3.57. The summed E-state index contributed by atoms with van der Waals surface area (Å²) in [5, 5.41) is 3.51. The topological polar surface area (TPSA) is 15.3 Å². The number of nitrogens with one attached hydrogen (secondary N) is 1. The molecule has 0 bridgehead atoms. The number of hydrogen-bond donors (Lipinski definition) is 1. The molecule has 2 nitrogen and oxygen atoms in total. The predicted molar refractivity (Wildman–Crippen MR) is 82.5 cm³/mol. The van der Waals surface area contributed by atoms with E-state index in [1.165, 1.54) is 41.5 Å². The van der Waals surface area contributed by atoms with Gasteiger partial charge in [0.1, 0.15) is 0 Å². The van der Waals surface area contributed by atoms with Gasteiger partial charge in [0.2, 0.25) is 0 Å². The summed E-state index contributed by atoms with van der Waals surface area (Å²) in [5.41, 5.74) is 1.24. The standard InChI is InChI=1S/C14H21IN2/c1-17-11-3-2-4-14(17)9-10-16-13-7-5-12(15)6-8-13/h5-8,14,16H,2-4,9-11H2,1H3. The molecule has 1 aliphatic rings. The Morgan fingerprint density at radius 1 is 1.29 bits per heavy atom. The van der Waals surface area contributed by atoms with Gasteiger partial charge >= 0.3 is 0 Å². The second-order valence-corrected chi connectivity index (χ2v) is 6.10. The monoisotopic (exact) mass is 344 g/mol. The SMILES string of the molecule is CN1CCCCC1CCNc1ccc(I)cc1. The quantitative estimate of drug-likeness (QED) is 0.840. The van der Waals surface area contributed by atoms with E-state index in [-0.39, 0.29) is 0 Å². The molecule has 1 fully saturated rings. The number of anilines is 1. The van der Waals surface area contributed by atoms with Gasteiger partial charge in [-0.3, -0.25) is 0 Å². The summed E-state index contributed by atoms with van der Waals surface area (Å²) >= 11 is 2.34. The van der Waals surface area contributed by atoms with E-state index >= 15 is 0 Å². The van der Waals surface area contributed by atoms with Gasteiger partial charge in [0.05, 0.1) is 0 Å². The van der Waals surface area contributed by atoms with Crippen molar-refractivity contribution in [1.29, 1.82) is 0 Å². The molecule has 1 atom stereocenters. The Kier molecular flexibility index (Phi) is 5.10. The minimum atomic E-state index is 0.778. The van der Waals surface area contributed by atoms with Crippen molar-refractivity contribution in [2.24, 2.45) is 0 Å². The van der Waals surface area contributed by atoms with Gasteiger partial charge in [-0.05, 0) is 79.7 Å². The Labute approximate surface area is 118 Å². The van der Waals surface area contributed by atoms with Gasteiger partial charge in [-0.15, -0.1) is 0 Å². The van der Waals surface area contributed by atoms with Crippen LogP contribution in [0, 0.1) is 3.57 Å². The smallest absolute Gasteiger partial charge is 0.0340 e. The van der Waals surface area contributed by atoms with Crippen molar-refractivity contribution in [3.8, 4) is 0 Å². The molecule has 2 rings (SSSR count). The first-order chi connectivity index (χ1) is 8.25. The van der Waals surface area contributed by atoms with Crippen molar-refractivity contribution in [3.63, 3.8) is 0 Å². The average molecular weight is 344 g/mol. The maximum Gasteiger partial charge on any atom is 0.0340 e. The molecule has 0 spiro atoms. The van der Waals surface area contributed by atoms with E-state index in [1.807, 2.05) is 0 Å². The van der Waals surface area contributed by atoms with E-state index in [0.717, 1.165) is 12.6 Å². The van der Waals surface area contributed by atoms with Crippen LogP contribution in [-0.2, 0) is 0 Å². The van der Waals surface area contributed by atoms with E-state index in [2.05, 4.69) is 64.1 Å². The van der Waals surface area contributed by atoms with Crippen LogP contribution in [0.3, 0.4) is 0 Å². The average Bonchev–Trinajstić information content (AvgIpc) is 2.34. The number of rotatable bonds is 4. The highest BCUT2D eigenvalue weighted by atomic mass is 127. The minimum absolute atomic E-state index is 0.778. The molecular formula is C14H21IN2. The lowest BCUT2D eigenvalue weighted by molar-refractivity contribution is 0.179. The van der Waals surface area contributed by atoms with E-state index in [9.17, 15) is 0 Å². The fourth-order valence-electron chi connectivity index (χ4n) is 2.46. The lowest BCUT2D eigenvalue weighted by Crippen LogP contribution is -2.37. The molecule has 1 saturated heterocycles. The molecular weight excluding hydrogens is 323 g/mol. The van der Waals surface area contributed by atoms with Crippen LogP contribution < -0.4 is 5.32 Å². The number of benzene rings is 1. The zero-order valence-corrected chi connectivity index (χ0v) is 12.6. The highest BCUT2D eigenvalue weighted by Gasteiger charge is 2.17. The van der Waals surface area contributed by atoms with E-state index in [1.54, 1.807) is 0 Å². The third-order valence-corrected chi connectivity index (χ3v) is 4.29. The summed E-state index contributed by atoms with van der Waals surface area (Å²) in [7, 11) is 2.26. The molecule has 0 amide bonds. The predicted octanol–water partition coefficient (Wildman–Crippen LogP) is 3.58. The summed E-state index contributed by atoms with van der Waals surface area (Å²) < 4.78 is 1.29. The van der Waals surface area contributed by atoms with Gasteiger partial charge in [-0.25, -0.2) is 0 Å². The fraction of sp³-hybridized carbons (Fsp3) is 0.571. The van der Waals surface area contributed by atoms with Gasteiger partial charge in [0.25, 0.3) is 0 Å². The van der Waals surface area contributed by atoms with Crippen LogP contribution in [0.2, 0.25) is 0 Å².